The normalized spacial score (nSPS) is 10.4. The largest absolute Gasteiger partial charge is 0.350 e. The van der Waals surface area contributed by atoms with E-state index in [1.54, 1.807) is 19.1 Å². The molecule has 0 saturated heterocycles. The zero-order valence-electron chi connectivity index (χ0n) is 12.0. The van der Waals surface area contributed by atoms with E-state index in [0.29, 0.717) is 12.1 Å². The fourth-order valence-corrected chi connectivity index (χ4v) is 2.06. The number of nitrogens with one attached hydrogen (secondary N) is 1. The Morgan fingerprint density at radius 1 is 1.19 bits per heavy atom. The van der Waals surface area contributed by atoms with Crippen molar-refractivity contribution in [2.24, 2.45) is 5.73 Å². The second-order valence-electron chi connectivity index (χ2n) is 4.86. The molecule has 2 rings (SSSR count). The summed E-state index contributed by atoms with van der Waals surface area (Å²) < 4.78 is 1.45. The summed E-state index contributed by atoms with van der Waals surface area (Å²) in [5, 5.41) is 2.81. The molecule has 5 heteroatoms. The van der Waals surface area contributed by atoms with Gasteiger partial charge in [0.2, 0.25) is 5.91 Å². The van der Waals surface area contributed by atoms with Gasteiger partial charge in [-0.15, -0.1) is 0 Å². The third kappa shape index (κ3) is 3.79. The first kappa shape index (κ1) is 15.0. The fourth-order valence-electron chi connectivity index (χ4n) is 2.06. The summed E-state index contributed by atoms with van der Waals surface area (Å²) in [4.78, 5) is 24.1. The predicted molar refractivity (Wildman–Crippen MR) is 81.6 cm³/mol. The topological polar surface area (TPSA) is 77.1 Å². The lowest BCUT2D eigenvalue weighted by Gasteiger charge is -2.11. The van der Waals surface area contributed by atoms with Crippen LogP contribution in [-0.2, 0) is 24.4 Å². The van der Waals surface area contributed by atoms with Crippen molar-refractivity contribution in [3.05, 3.63) is 69.6 Å². The number of amides is 1. The van der Waals surface area contributed by atoms with Gasteiger partial charge >= 0.3 is 0 Å². The highest BCUT2D eigenvalue weighted by Crippen LogP contribution is 2.00. The number of aryl methyl sites for hydroxylation is 1. The summed E-state index contributed by atoms with van der Waals surface area (Å²) in [5.41, 5.74) is 7.59. The van der Waals surface area contributed by atoms with Gasteiger partial charge in [0, 0.05) is 24.3 Å². The molecule has 0 fully saturated rings. The number of nitrogens with zero attached hydrogens (tertiary/aromatic N) is 1. The molecule has 21 heavy (non-hydrogen) atoms. The molecule has 0 aliphatic heterocycles. The van der Waals surface area contributed by atoms with Gasteiger partial charge in [0.1, 0.15) is 6.54 Å². The van der Waals surface area contributed by atoms with E-state index in [1.165, 1.54) is 4.57 Å². The minimum absolute atomic E-state index is 0.00530. The number of carbonyl (C=O) groups is 1. The Balaban J connectivity index is 2.05. The molecule has 0 bridgehead atoms. The molecular weight excluding hydrogens is 266 g/mol. The van der Waals surface area contributed by atoms with Gasteiger partial charge < -0.3 is 15.6 Å². The molecule has 1 heterocycles. The summed E-state index contributed by atoms with van der Waals surface area (Å²) >= 11 is 0. The quantitative estimate of drug-likeness (QED) is 0.858. The fraction of sp³-hybridized carbons (Fsp3) is 0.250. The first-order valence-corrected chi connectivity index (χ1v) is 6.82. The van der Waals surface area contributed by atoms with Crippen LogP contribution in [0.3, 0.4) is 0 Å². The molecule has 2 aromatic rings. The minimum Gasteiger partial charge on any atom is -0.350 e. The second-order valence-corrected chi connectivity index (χ2v) is 4.86. The van der Waals surface area contributed by atoms with Crippen LogP contribution in [0.15, 0.2) is 47.3 Å². The van der Waals surface area contributed by atoms with Crippen molar-refractivity contribution in [3.8, 4) is 0 Å². The molecule has 0 aliphatic carbocycles. The third-order valence-electron chi connectivity index (χ3n) is 3.33. The van der Waals surface area contributed by atoms with E-state index in [4.69, 9.17) is 5.73 Å². The van der Waals surface area contributed by atoms with Gasteiger partial charge in [-0.3, -0.25) is 9.59 Å². The maximum atomic E-state index is 12.1. The van der Waals surface area contributed by atoms with Crippen LogP contribution < -0.4 is 16.6 Å². The molecule has 0 spiro atoms. The van der Waals surface area contributed by atoms with Gasteiger partial charge in [-0.05, 0) is 18.6 Å². The number of benzene rings is 1. The van der Waals surface area contributed by atoms with Crippen molar-refractivity contribution in [1.29, 1.82) is 0 Å². The van der Waals surface area contributed by atoms with Crippen LogP contribution in [0.4, 0.5) is 0 Å². The first-order chi connectivity index (χ1) is 10.1. The molecule has 0 saturated carbocycles. The lowest BCUT2D eigenvalue weighted by Crippen LogP contribution is -2.34. The Hall–Kier alpha value is -2.40. The molecule has 3 N–H and O–H groups in total. The van der Waals surface area contributed by atoms with Gasteiger partial charge in [0.15, 0.2) is 0 Å². The molecule has 110 valence electrons. The molecule has 0 atom stereocenters. The molecule has 5 nitrogen and oxygen atoms in total. The van der Waals surface area contributed by atoms with Crippen LogP contribution in [0.2, 0.25) is 0 Å². The van der Waals surface area contributed by atoms with Crippen LogP contribution in [-0.4, -0.2) is 10.5 Å². The van der Waals surface area contributed by atoms with Gasteiger partial charge in [-0.25, -0.2) is 0 Å². The van der Waals surface area contributed by atoms with E-state index in [-0.39, 0.29) is 24.6 Å². The maximum absolute atomic E-state index is 12.1. The number of carbonyl (C=O) groups excluding carboxylic acids is 1. The van der Waals surface area contributed by atoms with Gasteiger partial charge in [-0.1, -0.05) is 36.4 Å². The summed E-state index contributed by atoms with van der Waals surface area (Å²) in [6.45, 7) is 2.42. The van der Waals surface area contributed by atoms with Crippen molar-refractivity contribution in [3.63, 3.8) is 0 Å². The van der Waals surface area contributed by atoms with E-state index >= 15 is 0 Å². The summed E-state index contributed by atoms with van der Waals surface area (Å²) in [6.07, 6.45) is 0. The highest BCUT2D eigenvalue weighted by Gasteiger charge is 2.09. The van der Waals surface area contributed by atoms with Crippen molar-refractivity contribution in [2.75, 3.05) is 0 Å². The number of hydrogen-bond donors (Lipinski definition) is 2. The Kier molecular flexibility index (Phi) is 4.90. The summed E-state index contributed by atoms with van der Waals surface area (Å²) in [7, 11) is 0. The third-order valence-corrected chi connectivity index (χ3v) is 3.33. The Morgan fingerprint density at radius 2 is 1.90 bits per heavy atom. The van der Waals surface area contributed by atoms with Gasteiger partial charge in [-0.2, -0.15) is 0 Å². The lowest BCUT2D eigenvalue weighted by molar-refractivity contribution is -0.121. The average Bonchev–Trinajstić information content (AvgIpc) is 2.50. The molecule has 0 radical (unpaired) electrons. The number of hydrogen-bond acceptors (Lipinski definition) is 3. The Morgan fingerprint density at radius 3 is 2.57 bits per heavy atom. The summed E-state index contributed by atoms with van der Waals surface area (Å²) in [6, 6.07) is 13.1. The van der Waals surface area contributed by atoms with E-state index in [9.17, 15) is 9.59 Å². The smallest absolute Gasteiger partial charge is 0.255 e. The monoisotopic (exact) mass is 285 g/mol. The van der Waals surface area contributed by atoms with Crippen LogP contribution in [0.25, 0.3) is 0 Å². The molecular formula is C16H19N3O2. The van der Waals surface area contributed by atoms with Gasteiger partial charge in [0.25, 0.3) is 5.56 Å². The SMILES string of the molecule is Cc1ccc(CN)c(=O)n1CC(=O)NCc1ccccc1. The molecule has 1 aromatic carbocycles. The molecule has 0 aliphatic rings. The van der Waals surface area contributed by atoms with Gasteiger partial charge in [0.05, 0.1) is 0 Å². The lowest BCUT2D eigenvalue weighted by atomic mass is 10.2. The zero-order chi connectivity index (χ0) is 15.2. The maximum Gasteiger partial charge on any atom is 0.255 e. The number of pyridine rings is 1. The van der Waals surface area contributed by atoms with Crippen LogP contribution in [0.5, 0.6) is 0 Å². The average molecular weight is 285 g/mol. The second kappa shape index (κ2) is 6.85. The Bertz CT molecular complexity index is 678. The van der Waals surface area contributed by atoms with Crippen molar-refractivity contribution >= 4 is 5.91 Å². The van der Waals surface area contributed by atoms with E-state index < -0.39 is 0 Å². The zero-order valence-corrected chi connectivity index (χ0v) is 12.0. The number of aromatic nitrogens is 1. The van der Waals surface area contributed by atoms with Crippen LogP contribution >= 0.6 is 0 Å². The van der Waals surface area contributed by atoms with E-state index in [0.717, 1.165) is 11.3 Å². The van der Waals surface area contributed by atoms with Crippen LogP contribution in [0, 0.1) is 6.92 Å². The highest BCUT2D eigenvalue weighted by molar-refractivity contribution is 5.75. The first-order valence-electron chi connectivity index (χ1n) is 6.82. The minimum atomic E-state index is -0.202. The van der Waals surface area contributed by atoms with Crippen molar-refractivity contribution in [2.45, 2.75) is 26.6 Å². The Labute approximate surface area is 123 Å². The molecule has 0 unspecified atom stereocenters. The predicted octanol–water partition coefficient (Wildman–Crippen LogP) is 0.932. The molecule has 1 amide bonds. The van der Waals surface area contributed by atoms with E-state index in [1.807, 2.05) is 30.3 Å². The van der Waals surface area contributed by atoms with Crippen LogP contribution in [0.1, 0.15) is 16.8 Å². The number of rotatable bonds is 5. The van der Waals surface area contributed by atoms with E-state index in [2.05, 4.69) is 5.32 Å². The molecule has 1 aromatic heterocycles. The van der Waals surface area contributed by atoms with Crippen molar-refractivity contribution < 1.29 is 4.79 Å². The number of nitrogens with two attached hydrogens (primary N) is 1. The summed E-state index contributed by atoms with van der Waals surface area (Å²) in [5.74, 6) is -0.196. The van der Waals surface area contributed by atoms with Crippen molar-refractivity contribution in [1.82, 2.24) is 9.88 Å². The highest BCUT2D eigenvalue weighted by atomic mass is 16.2. The standard InChI is InChI=1S/C16H19N3O2/c1-12-7-8-14(9-17)16(21)19(12)11-15(20)18-10-13-5-3-2-4-6-13/h2-8H,9-11,17H2,1H3,(H,18,20).